The Morgan fingerprint density at radius 3 is 2.56 bits per heavy atom. The molecule has 2 aromatic rings. The highest BCUT2D eigenvalue weighted by atomic mass is 35.5. The summed E-state index contributed by atoms with van der Waals surface area (Å²) in [6, 6.07) is 6.39. The second kappa shape index (κ2) is 10.7. The van der Waals surface area contributed by atoms with Gasteiger partial charge in [0, 0.05) is 48.5 Å². The summed E-state index contributed by atoms with van der Waals surface area (Å²) in [6.07, 6.45) is 4.48. The monoisotopic (exact) mass is 524 g/mol. The highest BCUT2D eigenvalue weighted by Gasteiger charge is 2.47. The smallest absolute Gasteiger partial charge is 0.387 e. The first kappa shape index (κ1) is 26.3. The number of nitrogens with one attached hydrogen (secondary N) is 1. The molecule has 196 valence electrons. The normalized spacial score (nSPS) is 21.9. The number of alkyl halides is 2. The van der Waals surface area contributed by atoms with Crippen molar-refractivity contribution in [1.29, 1.82) is 0 Å². The van der Waals surface area contributed by atoms with Gasteiger partial charge in [-0.1, -0.05) is 25.4 Å². The number of piperidine rings is 1. The maximum Gasteiger partial charge on any atom is 0.387 e. The maximum atomic E-state index is 13.9. The van der Waals surface area contributed by atoms with Crippen LogP contribution in [0.2, 0.25) is 5.02 Å². The van der Waals surface area contributed by atoms with Gasteiger partial charge in [0.25, 0.3) is 5.91 Å². The van der Waals surface area contributed by atoms with Crippen molar-refractivity contribution in [2.24, 2.45) is 5.92 Å². The molecule has 0 spiro atoms. The number of carbonyl (C=O) groups is 2. The van der Waals surface area contributed by atoms with Crippen LogP contribution in [0.25, 0.3) is 0 Å². The van der Waals surface area contributed by atoms with E-state index in [1.165, 1.54) is 18.2 Å². The zero-order valence-electron chi connectivity index (χ0n) is 20.3. The van der Waals surface area contributed by atoms with Crippen LogP contribution in [0.4, 0.5) is 14.5 Å². The van der Waals surface area contributed by atoms with E-state index in [1.807, 2.05) is 19.9 Å². The van der Waals surface area contributed by atoms with E-state index in [2.05, 4.69) is 20.1 Å². The van der Waals surface area contributed by atoms with Crippen molar-refractivity contribution < 1.29 is 28.2 Å². The summed E-state index contributed by atoms with van der Waals surface area (Å²) in [6.45, 7) is 2.26. The van der Waals surface area contributed by atoms with Crippen LogP contribution in [-0.2, 0) is 15.1 Å². The highest BCUT2D eigenvalue weighted by Crippen LogP contribution is 2.40. The van der Waals surface area contributed by atoms with Crippen molar-refractivity contribution in [2.75, 3.05) is 18.4 Å². The van der Waals surface area contributed by atoms with Gasteiger partial charge in [-0.25, -0.2) is 0 Å². The lowest BCUT2D eigenvalue weighted by Crippen LogP contribution is -2.57. The van der Waals surface area contributed by atoms with Crippen molar-refractivity contribution in [3.8, 4) is 5.75 Å². The van der Waals surface area contributed by atoms with E-state index in [9.17, 15) is 18.4 Å². The molecule has 2 N–H and O–H groups in total. The Kier molecular flexibility index (Phi) is 7.85. The molecule has 36 heavy (non-hydrogen) atoms. The third kappa shape index (κ3) is 5.49. The first-order valence-electron chi connectivity index (χ1n) is 12.1. The molecule has 0 unspecified atom stereocenters. The average molecular weight is 525 g/mol. The Hall–Kier alpha value is -2.72. The van der Waals surface area contributed by atoms with E-state index < -0.39 is 18.1 Å². The highest BCUT2D eigenvalue weighted by molar-refractivity contribution is 6.30. The van der Waals surface area contributed by atoms with Gasteiger partial charge in [0.1, 0.15) is 5.54 Å². The quantitative estimate of drug-likeness (QED) is 0.482. The number of rotatable bonds is 9. The molecule has 1 amide bonds. The lowest BCUT2D eigenvalue weighted by molar-refractivity contribution is -0.140. The van der Waals surface area contributed by atoms with Crippen molar-refractivity contribution in [3.05, 3.63) is 41.2 Å². The summed E-state index contributed by atoms with van der Waals surface area (Å²) in [7, 11) is 0. The molecule has 0 bridgehead atoms. The number of carboxylic acid groups (broad SMARTS) is 1. The number of carboxylic acids is 1. The average Bonchev–Trinajstić information content (AvgIpc) is 3.28. The van der Waals surface area contributed by atoms with Crippen molar-refractivity contribution in [2.45, 2.75) is 70.1 Å². The first-order valence-corrected chi connectivity index (χ1v) is 12.5. The molecule has 8 nitrogen and oxygen atoms in total. The summed E-state index contributed by atoms with van der Waals surface area (Å²) in [4.78, 5) is 27.2. The Labute approximate surface area is 213 Å². The summed E-state index contributed by atoms with van der Waals surface area (Å²) < 4.78 is 32.4. The number of hydrogen-bond donors (Lipinski definition) is 2. The van der Waals surface area contributed by atoms with Gasteiger partial charge in [0.2, 0.25) is 0 Å². The van der Waals surface area contributed by atoms with Gasteiger partial charge in [-0.15, -0.1) is 0 Å². The van der Waals surface area contributed by atoms with E-state index in [-0.39, 0.29) is 40.6 Å². The van der Waals surface area contributed by atoms with Crippen LogP contribution in [-0.4, -0.2) is 57.4 Å². The molecule has 0 radical (unpaired) electrons. The van der Waals surface area contributed by atoms with Crippen LogP contribution < -0.4 is 10.1 Å². The topological polar surface area (TPSA) is 96.7 Å². The van der Waals surface area contributed by atoms with Gasteiger partial charge in [-0.2, -0.15) is 13.9 Å². The van der Waals surface area contributed by atoms with Crippen LogP contribution in [0.3, 0.4) is 0 Å². The second-order valence-electron chi connectivity index (χ2n) is 9.95. The number of ether oxygens (including phenoxy) is 1. The standard InChI is InChI=1S/C25H31ClF2N4O4/c1-15(2)20-5-8-29-32(20)25(6-9-31(10-7-25)18-11-16(12-18)13-22(33)34)23(35)30-19-4-3-17(26)14-21(19)36-24(27)28/h3-5,8,14-16,18,24H,6-7,9-13H2,1-2H3,(H,30,35)(H,33,34). The molecule has 4 rings (SSSR count). The van der Waals surface area contributed by atoms with E-state index in [1.54, 1.807) is 10.9 Å². The Balaban J connectivity index is 1.57. The molecule has 1 aromatic heterocycles. The number of aromatic nitrogens is 2. The zero-order valence-corrected chi connectivity index (χ0v) is 21.0. The van der Waals surface area contributed by atoms with E-state index >= 15 is 0 Å². The van der Waals surface area contributed by atoms with Gasteiger partial charge >= 0.3 is 12.6 Å². The summed E-state index contributed by atoms with van der Waals surface area (Å²) in [5.74, 6) is -1.02. The minimum Gasteiger partial charge on any atom is -0.481 e. The Bertz CT molecular complexity index is 1100. The number of halogens is 3. The number of carbonyl (C=O) groups excluding carboxylic acids is 1. The Morgan fingerprint density at radius 2 is 1.94 bits per heavy atom. The molecule has 2 aliphatic rings. The van der Waals surface area contributed by atoms with Crippen LogP contribution in [0, 0.1) is 5.92 Å². The summed E-state index contributed by atoms with van der Waals surface area (Å²) >= 11 is 5.96. The lowest BCUT2D eigenvalue weighted by atomic mass is 9.75. The predicted octanol–water partition coefficient (Wildman–Crippen LogP) is 4.94. The number of likely N-dealkylation sites (tertiary alicyclic amines) is 1. The molecule has 1 aromatic carbocycles. The molecule has 1 aliphatic carbocycles. The molecule has 2 heterocycles. The zero-order chi connectivity index (χ0) is 26.0. The number of aliphatic carboxylic acids is 1. The van der Waals surface area contributed by atoms with Crippen molar-refractivity contribution in [1.82, 2.24) is 14.7 Å². The molecule has 1 saturated carbocycles. The van der Waals surface area contributed by atoms with E-state index in [4.69, 9.17) is 16.7 Å². The fourth-order valence-electron chi connectivity index (χ4n) is 5.35. The third-order valence-electron chi connectivity index (χ3n) is 7.32. The molecule has 0 atom stereocenters. The minimum absolute atomic E-state index is 0.111. The summed E-state index contributed by atoms with van der Waals surface area (Å²) in [5.41, 5.74) is -0.00450. The van der Waals surface area contributed by atoms with E-state index in [0.29, 0.717) is 32.0 Å². The minimum atomic E-state index is -3.07. The number of amides is 1. The van der Waals surface area contributed by atoms with Gasteiger partial charge in [0.05, 0.1) is 5.69 Å². The SMILES string of the molecule is CC(C)c1ccnn1C1(C(=O)Nc2ccc(Cl)cc2OC(F)F)CCN(C2CC(CC(=O)O)C2)CC1. The molecular formula is C25H31ClF2N4O4. The van der Waals surface area contributed by atoms with Crippen LogP contribution in [0.15, 0.2) is 30.5 Å². The van der Waals surface area contributed by atoms with Crippen molar-refractivity contribution in [3.63, 3.8) is 0 Å². The number of benzene rings is 1. The molecule has 2 fully saturated rings. The van der Waals surface area contributed by atoms with Crippen LogP contribution in [0.5, 0.6) is 5.75 Å². The van der Waals surface area contributed by atoms with Gasteiger partial charge in [0.15, 0.2) is 5.75 Å². The molecule has 1 saturated heterocycles. The fourth-order valence-corrected chi connectivity index (χ4v) is 5.51. The second-order valence-corrected chi connectivity index (χ2v) is 10.4. The van der Waals surface area contributed by atoms with Gasteiger partial charge in [-0.05, 0) is 55.7 Å². The van der Waals surface area contributed by atoms with Crippen LogP contribution in [0.1, 0.15) is 57.6 Å². The molecule has 1 aliphatic heterocycles. The molecule has 11 heteroatoms. The predicted molar refractivity (Wildman–Crippen MR) is 131 cm³/mol. The largest absolute Gasteiger partial charge is 0.481 e. The first-order chi connectivity index (χ1) is 17.1. The van der Waals surface area contributed by atoms with Crippen molar-refractivity contribution >= 4 is 29.2 Å². The number of hydrogen-bond acceptors (Lipinski definition) is 5. The third-order valence-corrected chi connectivity index (χ3v) is 7.55. The molecular weight excluding hydrogens is 494 g/mol. The van der Waals surface area contributed by atoms with Crippen LogP contribution >= 0.6 is 11.6 Å². The summed E-state index contributed by atoms with van der Waals surface area (Å²) in [5, 5.41) is 16.6. The van der Waals surface area contributed by atoms with Gasteiger partial charge < -0.3 is 20.1 Å². The number of anilines is 1. The lowest BCUT2D eigenvalue weighted by Gasteiger charge is -2.48. The Morgan fingerprint density at radius 1 is 1.25 bits per heavy atom. The fraction of sp³-hybridized carbons (Fsp3) is 0.560. The van der Waals surface area contributed by atoms with E-state index in [0.717, 1.165) is 18.5 Å². The maximum absolute atomic E-state index is 13.9. The van der Waals surface area contributed by atoms with Gasteiger partial charge in [-0.3, -0.25) is 14.3 Å². The number of nitrogens with zero attached hydrogens (tertiary/aromatic N) is 3.